The molecule has 3 heteroatoms. The Morgan fingerprint density at radius 2 is 2.12 bits per heavy atom. The highest BCUT2D eigenvalue weighted by atomic mass is 16.2. The van der Waals surface area contributed by atoms with Gasteiger partial charge in [0.25, 0.3) is 0 Å². The van der Waals surface area contributed by atoms with Crippen molar-refractivity contribution >= 4 is 5.91 Å². The van der Waals surface area contributed by atoms with Crippen molar-refractivity contribution in [2.45, 2.75) is 26.8 Å². The van der Waals surface area contributed by atoms with E-state index in [1.165, 1.54) is 0 Å². The van der Waals surface area contributed by atoms with Crippen LogP contribution >= 0.6 is 0 Å². The highest BCUT2D eigenvalue weighted by Gasteiger charge is 2.41. The van der Waals surface area contributed by atoms with Crippen molar-refractivity contribution in [1.29, 1.82) is 0 Å². The van der Waals surface area contributed by atoms with Gasteiger partial charge in [-0.25, -0.2) is 0 Å². The molecule has 2 atom stereocenters. The van der Waals surface area contributed by atoms with Crippen LogP contribution in [0.1, 0.15) is 25.8 Å². The summed E-state index contributed by atoms with van der Waals surface area (Å²) in [5.74, 6) is 1.17. The third kappa shape index (κ3) is 2.40. The van der Waals surface area contributed by atoms with Crippen LogP contribution < -0.4 is 0 Å². The second kappa shape index (κ2) is 4.64. The molecule has 0 saturated heterocycles. The van der Waals surface area contributed by atoms with E-state index in [9.17, 15) is 4.79 Å². The molecule has 1 saturated carbocycles. The number of amides is 1. The fraction of sp³-hybridized carbons (Fsp3) is 0.538. The molecule has 1 aromatic rings. The molecule has 0 spiro atoms. The first-order valence-electron chi connectivity index (χ1n) is 5.90. The van der Waals surface area contributed by atoms with E-state index in [1.807, 2.05) is 24.0 Å². The number of nitrogens with zero attached hydrogens (tertiary/aromatic N) is 2. The fourth-order valence-electron chi connectivity index (χ4n) is 1.95. The van der Waals surface area contributed by atoms with E-state index in [0.29, 0.717) is 18.4 Å². The Morgan fingerprint density at radius 1 is 1.50 bits per heavy atom. The van der Waals surface area contributed by atoms with Gasteiger partial charge in [-0.2, -0.15) is 0 Å². The normalized spacial score (nSPS) is 22.9. The van der Waals surface area contributed by atoms with Gasteiger partial charge in [0, 0.05) is 31.4 Å². The van der Waals surface area contributed by atoms with E-state index in [4.69, 9.17) is 0 Å². The summed E-state index contributed by atoms with van der Waals surface area (Å²) in [6, 6.07) is 3.93. The Labute approximate surface area is 96.5 Å². The molecule has 86 valence electrons. The van der Waals surface area contributed by atoms with Crippen LogP contribution in [0.15, 0.2) is 24.5 Å². The molecule has 1 heterocycles. The van der Waals surface area contributed by atoms with Gasteiger partial charge < -0.3 is 4.90 Å². The topological polar surface area (TPSA) is 33.2 Å². The van der Waals surface area contributed by atoms with Crippen molar-refractivity contribution in [3.63, 3.8) is 0 Å². The molecule has 2 rings (SSSR count). The number of rotatable bonds is 4. The van der Waals surface area contributed by atoms with Crippen LogP contribution in [0.4, 0.5) is 0 Å². The van der Waals surface area contributed by atoms with Crippen molar-refractivity contribution in [3.05, 3.63) is 30.1 Å². The summed E-state index contributed by atoms with van der Waals surface area (Å²) < 4.78 is 0. The summed E-state index contributed by atoms with van der Waals surface area (Å²) >= 11 is 0. The van der Waals surface area contributed by atoms with Gasteiger partial charge >= 0.3 is 0 Å². The zero-order chi connectivity index (χ0) is 11.5. The summed E-state index contributed by atoms with van der Waals surface area (Å²) in [5.41, 5.74) is 1.15. The van der Waals surface area contributed by atoms with Gasteiger partial charge in [0.05, 0.1) is 0 Å². The third-order valence-corrected chi connectivity index (χ3v) is 3.24. The van der Waals surface area contributed by atoms with Crippen LogP contribution in [0.25, 0.3) is 0 Å². The zero-order valence-electron chi connectivity index (χ0n) is 9.89. The minimum atomic E-state index is 0.279. The highest BCUT2D eigenvalue weighted by molar-refractivity contribution is 5.81. The van der Waals surface area contributed by atoms with Crippen molar-refractivity contribution < 1.29 is 4.79 Å². The molecule has 3 nitrogen and oxygen atoms in total. The van der Waals surface area contributed by atoms with Crippen molar-refractivity contribution in [2.75, 3.05) is 6.54 Å². The molecular weight excluding hydrogens is 200 g/mol. The van der Waals surface area contributed by atoms with Gasteiger partial charge in [0.1, 0.15) is 0 Å². The van der Waals surface area contributed by atoms with Crippen LogP contribution in [0, 0.1) is 11.8 Å². The van der Waals surface area contributed by atoms with Crippen molar-refractivity contribution in [3.8, 4) is 0 Å². The molecule has 0 bridgehead atoms. The molecule has 16 heavy (non-hydrogen) atoms. The number of aromatic nitrogens is 1. The Hall–Kier alpha value is -1.38. The maximum Gasteiger partial charge on any atom is 0.226 e. The lowest BCUT2D eigenvalue weighted by molar-refractivity contribution is -0.133. The number of pyridine rings is 1. The van der Waals surface area contributed by atoms with Gasteiger partial charge in [-0.05, 0) is 37.0 Å². The molecule has 1 fully saturated rings. The van der Waals surface area contributed by atoms with Gasteiger partial charge in [-0.3, -0.25) is 9.78 Å². The SMILES string of the molecule is CCN(Cc1ccncc1)C(=O)[C@@H]1C[C@@H]1C. The van der Waals surface area contributed by atoms with E-state index in [-0.39, 0.29) is 5.92 Å². The van der Waals surface area contributed by atoms with E-state index >= 15 is 0 Å². The Bertz CT molecular complexity index is 363. The van der Waals surface area contributed by atoms with E-state index in [0.717, 1.165) is 18.5 Å². The maximum absolute atomic E-state index is 12.1. The molecule has 0 aromatic carbocycles. The first-order valence-corrected chi connectivity index (χ1v) is 5.90. The smallest absolute Gasteiger partial charge is 0.226 e. The van der Waals surface area contributed by atoms with E-state index in [1.54, 1.807) is 12.4 Å². The predicted molar refractivity (Wildman–Crippen MR) is 62.6 cm³/mol. The molecule has 0 aliphatic heterocycles. The average Bonchev–Trinajstić information content (AvgIpc) is 3.04. The largest absolute Gasteiger partial charge is 0.338 e. The first-order chi connectivity index (χ1) is 7.72. The van der Waals surface area contributed by atoms with Crippen LogP contribution in [0.3, 0.4) is 0 Å². The van der Waals surface area contributed by atoms with Gasteiger partial charge in [0.2, 0.25) is 5.91 Å². The fourth-order valence-corrected chi connectivity index (χ4v) is 1.95. The predicted octanol–water partition coefficient (Wildman–Crippen LogP) is 2.09. The standard InChI is InChI=1S/C13H18N2O/c1-3-15(13(16)12-8-10(12)2)9-11-4-6-14-7-5-11/h4-7,10,12H,3,8-9H2,1-2H3/t10-,12+/m0/s1. The number of hydrogen-bond acceptors (Lipinski definition) is 2. The molecule has 0 radical (unpaired) electrons. The van der Waals surface area contributed by atoms with Crippen LogP contribution in [-0.2, 0) is 11.3 Å². The Kier molecular flexibility index (Phi) is 3.22. The lowest BCUT2D eigenvalue weighted by Crippen LogP contribution is -2.31. The minimum absolute atomic E-state index is 0.279. The van der Waals surface area contributed by atoms with Crippen molar-refractivity contribution in [2.24, 2.45) is 11.8 Å². The maximum atomic E-state index is 12.1. The van der Waals surface area contributed by atoms with Gasteiger partial charge in [0.15, 0.2) is 0 Å². The summed E-state index contributed by atoms with van der Waals surface area (Å²) in [6.45, 7) is 5.67. The Balaban J connectivity index is 1.98. The van der Waals surface area contributed by atoms with Crippen LogP contribution in [0.2, 0.25) is 0 Å². The first kappa shape index (κ1) is 11.1. The minimum Gasteiger partial charge on any atom is -0.338 e. The highest BCUT2D eigenvalue weighted by Crippen LogP contribution is 2.39. The molecular formula is C13H18N2O. The second-order valence-electron chi connectivity index (χ2n) is 4.53. The summed E-state index contributed by atoms with van der Waals surface area (Å²) in [5, 5.41) is 0. The van der Waals surface area contributed by atoms with Crippen molar-refractivity contribution in [1.82, 2.24) is 9.88 Å². The summed E-state index contributed by atoms with van der Waals surface area (Å²) in [6.07, 6.45) is 4.60. The number of carbonyl (C=O) groups excluding carboxylic acids is 1. The average molecular weight is 218 g/mol. The monoisotopic (exact) mass is 218 g/mol. The van der Waals surface area contributed by atoms with Gasteiger partial charge in [-0.1, -0.05) is 6.92 Å². The summed E-state index contributed by atoms with van der Waals surface area (Å²) in [4.78, 5) is 18.0. The van der Waals surface area contributed by atoms with Crippen LogP contribution in [-0.4, -0.2) is 22.3 Å². The second-order valence-corrected chi connectivity index (χ2v) is 4.53. The summed E-state index contributed by atoms with van der Waals surface area (Å²) in [7, 11) is 0. The van der Waals surface area contributed by atoms with E-state index < -0.39 is 0 Å². The molecule has 1 aliphatic carbocycles. The lowest BCUT2D eigenvalue weighted by Gasteiger charge is -2.21. The Morgan fingerprint density at radius 3 is 2.62 bits per heavy atom. The lowest BCUT2D eigenvalue weighted by atomic mass is 10.2. The molecule has 1 amide bonds. The molecule has 0 unspecified atom stereocenters. The van der Waals surface area contributed by atoms with E-state index in [2.05, 4.69) is 11.9 Å². The third-order valence-electron chi connectivity index (χ3n) is 3.24. The number of hydrogen-bond donors (Lipinski definition) is 0. The molecule has 1 aromatic heterocycles. The quantitative estimate of drug-likeness (QED) is 0.775. The molecule has 1 aliphatic rings. The molecule has 0 N–H and O–H groups in total. The number of carbonyl (C=O) groups is 1. The zero-order valence-corrected chi connectivity index (χ0v) is 9.89. The van der Waals surface area contributed by atoms with Crippen LogP contribution in [0.5, 0.6) is 0 Å². The van der Waals surface area contributed by atoms with Gasteiger partial charge in [-0.15, -0.1) is 0 Å².